The van der Waals surface area contributed by atoms with Crippen LogP contribution in [0, 0.1) is 0 Å². The van der Waals surface area contributed by atoms with E-state index in [2.05, 4.69) is 15.2 Å². The first-order valence-corrected chi connectivity index (χ1v) is 5.32. The molecule has 1 aromatic rings. The van der Waals surface area contributed by atoms with Gasteiger partial charge in [0, 0.05) is 32.3 Å². The number of nitrogens with zero attached hydrogens (tertiary/aromatic N) is 2. The second-order valence-corrected chi connectivity index (χ2v) is 4.05. The van der Waals surface area contributed by atoms with E-state index < -0.39 is 0 Å². The van der Waals surface area contributed by atoms with Gasteiger partial charge in [-0.2, -0.15) is 0 Å². The average molecular weight is 203 g/mol. The van der Waals surface area contributed by atoms with Gasteiger partial charge < -0.3 is 10.2 Å². The standard InChI is InChI=1S/C11H13N3O/c15-10-6-8-7-12-4-5-14(8)11-9(10)2-1-3-13-11/h1-3,8,12H,4-7H2. The van der Waals surface area contributed by atoms with Crippen LogP contribution in [0.25, 0.3) is 0 Å². The zero-order valence-electron chi connectivity index (χ0n) is 8.44. The molecule has 1 fully saturated rings. The number of carbonyl (C=O) groups excluding carboxylic acids is 1. The molecule has 78 valence electrons. The van der Waals surface area contributed by atoms with E-state index in [1.807, 2.05) is 12.1 Å². The maximum absolute atomic E-state index is 11.8. The minimum atomic E-state index is 0.225. The fourth-order valence-corrected chi connectivity index (χ4v) is 2.39. The maximum atomic E-state index is 11.8. The summed E-state index contributed by atoms with van der Waals surface area (Å²) < 4.78 is 0. The summed E-state index contributed by atoms with van der Waals surface area (Å²) >= 11 is 0. The average Bonchev–Trinajstić information content (AvgIpc) is 2.30. The van der Waals surface area contributed by atoms with Crippen LogP contribution in [-0.2, 0) is 0 Å². The summed E-state index contributed by atoms with van der Waals surface area (Å²) in [4.78, 5) is 18.4. The number of rotatable bonds is 0. The number of hydrogen-bond acceptors (Lipinski definition) is 4. The summed E-state index contributed by atoms with van der Waals surface area (Å²) in [6.45, 7) is 2.81. The summed E-state index contributed by atoms with van der Waals surface area (Å²) in [6, 6.07) is 4.01. The lowest BCUT2D eigenvalue weighted by atomic mass is 9.96. The van der Waals surface area contributed by atoms with Gasteiger partial charge in [-0.05, 0) is 12.1 Å². The number of aromatic nitrogens is 1. The topological polar surface area (TPSA) is 45.2 Å². The fourth-order valence-electron chi connectivity index (χ4n) is 2.39. The molecule has 4 heteroatoms. The molecule has 0 aromatic carbocycles. The van der Waals surface area contributed by atoms with E-state index in [-0.39, 0.29) is 5.78 Å². The van der Waals surface area contributed by atoms with Crippen molar-refractivity contribution in [2.45, 2.75) is 12.5 Å². The van der Waals surface area contributed by atoms with Crippen molar-refractivity contribution < 1.29 is 4.79 Å². The number of anilines is 1. The van der Waals surface area contributed by atoms with Crippen molar-refractivity contribution in [3.63, 3.8) is 0 Å². The van der Waals surface area contributed by atoms with Gasteiger partial charge in [0.2, 0.25) is 0 Å². The first-order chi connectivity index (χ1) is 7.36. The summed E-state index contributed by atoms with van der Waals surface area (Å²) in [6.07, 6.45) is 2.38. The first-order valence-electron chi connectivity index (χ1n) is 5.32. The van der Waals surface area contributed by atoms with E-state index in [1.165, 1.54) is 0 Å². The van der Waals surface area contributed by atoms with Crippen LogP contribution in [0.15, 0.2) is 18.3 Å². The molecule has 2 aliphatic heterocycles. The van der Waals surface area contributed by atoms with E-state index in [1.54, 1.807) is 6.20 Å². The quantitative estimate of drug-likeness (QED) is 0.665. The van der Waals surface area contributed by atoms with E-state index in [0.29, 0.717) is 12.5 Å². The van der Waals surface area contributed by atoms with Crippen LogP contribution < -0.4 is 10.2 Å². The lowest BCUT2D eigenvalue weighted by Gasteiger charge is -2.40. The molecule has 1 aromatic heterocycles. The number of fused-ring (bicyclic) bond motifs is 3. The second-order valence-electron chi connectivity index (χ2n) is 4.05. The highest BCUT2D eigenvalue weighted by molar-refractivity contribution is 6.02. The third-order valence-corrected chi connectivity index (χ3v) is 3.13. The van der Waals surface area contributed by atoms with E-state index >= 15 is 0 Å². The van der Waals surface area contributed by atoms with Crippen LogP contribution in [0.4, 0.5) is 5.82 Å². The second kappa shape index (κ2) is 3.31. The molecule has 1 saturated heterocycles. The van der Waals surface area contributed by atoms with Crippen molar-refractivity contribution in [3.8, 4) is 0 Å². The molecular weight excluding hydrogens is 190 g/mol. The van der Waals surface area contributed by atoms with Crippen LogP contribution in [0.5, 0.6) is 0 Å². The molecule has 0 spiro atoms. The normalized spacial score (nSPS) is 24.7. The molecule has 2 aliphatic rings. The highest BCUT2D eigenvalue weighted by Crippen LogP contribution is 2.28. The summed E-state index contributed by atoms with van der Waals surface area (Å²) in [5, 5.41) is 3.31. The van der Waals surface area contributed by atoms with Crippen LogP contribution in [0.1, 0.15) is 16.8 Å². The molecule has 15 heavy (non-hydrogen) atoms. The Labute approximate surface area is 88.3 Å². The van der Waals surface area contributed by atoms with E-state index in [0.717, 1.165) is 31.0 Å². The smallest absolute Gasteiger partial charge is 0.168 e. The number of hydrogen-bond donors (Lipinski definition) is 1. The molecule has 0 saturated carbocycles. The highest BCUT2D eigenvalue weighted by Gasteiger charge is 2.33. The lowest BCUT2D eigenvalue weighted by molar-refractivity contribution is 0.0962. The van der Waals surface area contributed by atoms with Gasteiger partial charge in [0.1, 0.15) is 5.82 Å². The van der Waals surface area contributed by atoms with Crippen molar-refractivity contribution in [2.24, 2.45) is 0 Å². The van der Waals surface area contributed by atoms with Gasteiger partial charge in [0.15, 0.2) is 5.78 Å². The molecule has 1 atom stereocenters. The van der Waals surface area contributed by atoms with Crippen LogP contribution in [0.3, 0.4) is 0 Å². The SMILES string of the molecule is O=C1CC2CNCCN2c2ncccc21. The Morgan fingerprint density at radius 1 is 1.53 bits per heavy atom. The van der Waals surface area contributed by atoms with Crippen molar-refractivity contribution in [3.05, 3.63) is 23.9 Å². The van der Waals surface area contributed by atoms with Crippen molar-refractivity contribution in [1.82, 2.24) is 10.3 Å². The Morgan fingerprint density at radius 3 is 3.40 bits per heavy atom. The van der Waals surface area contributed by atoms with Gasteiger partial charge >= 0.3 is 0 Å². The highest BCUT2D eigenvalue weighted by atomic mass is 16.1. The van der Waals surface area contributed by atoms with Gasteiger partial charge in [0.25, 0.3) is 0 Å². The molecule has 3 heterocycles. The predicted octanol–water partition coefficient (Wildman–Crippen LogP) is 0.446. The molecule has 4 nitrogen and oxygen atoms in total. The van der Waals surface area contributed by atoms with Crippen molar-refractivity contribution in [1.29, 1.82) is 0 Å². The van der Waals surface area contributed by atoms with E-state index in [9.17, 15) is 4.79 Å². The number of piperazine rings is 1. The number of ketones is 1. The summed E-state index contributed by atoms with van der Waals surface area (Å²) in [7, 11) is 0. The minimum Gasteiger partial charge on any atom is -0.350 e. The monoisotopic (exact) mass is 203 g/mol. The summed E-state index contributed by atoms with van der Waals surface area (Å²) in [5.74, 6) is 1.10. The van der Waals surface area contributed by atoms with Crippen LogP contribution in [-0.4, -0.2) is 36.4 Å². The number of carbonyl (C=O) groups is 1. The Kier molecular flexibility index (Phi) is 1.95. The van der Waals surface area contributed by atoms with Crippen molar-refractivity contribution >= 4 is 11.6 Å². The van der Waals surface area contributed by atoms with Crippen LogP contribution >= 0.6 is 0 Å². The predicted molar refractivity (Wildman–Crippen MR) is 57.2 cm³/mol. The summed E-state index contributed by atoms with van der Waals surface area (Å²) in [5.41, 5.74) is 0.788. The Hall–Kier alpha value is -1.42. The van der Waals surface area contributed by atoms with Gasteiger partial charge in [-0.1, -0.05) is 0 Å². The van der Waals surface area contributed by atoms with Crippen LogP contribution in [0.2, 0.25) is 0 Å². The first kappa shape index (κ1) is 8.85. The molecule has 0 amide bonds. The maximum Gasteiger partial charge on any atom is 0.168 e. The van der Waals surface area contributed by atoms with Gasteiger partial charge in [0.05, 0.1) is 11.6 Å². The lowest BCUT2D eigenvalue weighted by Crippen LogP contribution is -2.54. The molecule has 0 radical (unpaired) electrons. The zero-order valence-corrected chi connectivity index (χ0v) is 8.44. The Bertz CT molecular complexity index is 405. The molecule has 0 aliphatic carbocycles. The largest absolute Gasteiger partial charge is 0.350 e. The third kappa shape index (κ3) is 1.33. The fraction of sp³-hybridized carbons (Fsp3) is 0.455. The molecule has 0 bridgehead atoms. The molecule has 1 N–H and O–H groups in total. The van der Waals surface area contributed by atoms with Gasteiger partial charge in [-0.25, -0.2) is 4.98 Å². The Balaban J connectivity index is 2.07. The molecule has 3 rings (SSSR count). The number of pyridine rings is 1. The van der Waals surface area contributed by atoms with Crippen molar-refractivity contribution in [2.75, 3.05) is 24.5 Å². The molecule has 1 unspecified atom stereocenters. The Morgan fingerprint density at radius 2 is 2.47 bits per heavy atom. The third-order valence-electron chi connectivity index (χ3n) is 3.13. The molecular formula is C11H13N3O. The number of Topliss-reactive ketones (excluding diaryl/α,β-unsaturated/α-hetero) is 1. The minimum absolute atomic E-state index is 0.225. The van der Waals surface area contributed by atoms with Gasteiger partial charge in [-0.3, -0.25) is 4.79 Å². The van der Waals surface area contributed by atoms with E-state index in [4.69, 9.17) is 0 Å². The number of nitrogens with one attached hydrogen (secondary N) is 1. The zero-order chi connectivity index (χ0) is 10.3. The van der Waals surface area contributed by atoms with Gasteiger partial charge in [-0.15, -0.1) is 0 Å².